The highest BCUT2D eigenvalue weighted by Gasteiger charge is 2.12. The number of benzene rings is 1. The Labute approximate surface area is 128 Å². The average molecular weight is 319 g/mol. The van der Waals surface area contributed by atoms with Crippen molar-refractivity contribution in [3.05, 3.63) is 34.6 Å². The molecule has 1 rings (SSSR count). The SMILES string of the molecule is CC(CCCO)NC(=O)NCC(O)c1ccc(Cl)c(F)c1. The van der Waals surface area contributed by atoms with Crippen LogP contribution in [0, 0.1) is 5.82 Å². The Bertz CT molecular complexity index is 474. The molecule has 1 aromatic carbocycles. The number of urea groups is 1. The van der Waals surface area contributed by atoms with Crippen molar-refractivity contribution in [2.24, 2.45) is 0 Å². The van der Waals surface area contributed by atoms with Crippen LogP contribution in [0.15, 0.2) is 18.2 Å². The maximum absolute atomic E-state index is 13.3. The van der Waals surface area contributed by atoms with E-state index in [1.165, 1.54) is 12.1 Å². The predicted molar refractivity (Wildman–Crippen MR) is 78.7 cm³/mol. The Morgan fingerprint density at radius 3 is 2.81 bits per heavy atom. The molecule has 0 bridgehead atoms. The smallest absolute Gasteiger partial charge is 0.315 e. The third-order valence-electron chi connectivity index (χ3n) is 2.96. The van der Waals surface area contributed by atoms with Crippen LogP contribution in [0.3, 0.4) is 0 Å². The molecule has 0 saturated carbocycles. The van der Waals surface area contributed by atoms with E-state index in [4.69, 9.17) is 16.7 Å². The molecule has 2 amide bonds. The number of nitrogens with one attached hydrogen (secondary N) is 2. The molecule has 4 N–H and O–H groups in total. The van der Waals surface area contributed by atoms with Crippen LogP contribution in [-0.2, 0) is 0 Å². The summed E-state index contributed by atoms with van der Waals surface area (Å²) in [6.45, 7) is 1.86. The van der Waals surface area contributed by atoms with Crippen LogP contribution in [-0.4, -0.2) is 35.4 Å². The first-order valence-corrected chi connectivity index (χ1v) is 7.10. The fraction of sp³-hybridized carbons (Fsp3) is 0.500. The third-order valence-corrected chi connectivity index (χ3v) is 3.26. The van der Waals surface area contributed by atoms with Gasteiger partial charge >= 0.3 is 6.03 Å². The summed E-state index contributed by atoms with van der Waals surface area (Å²) in [5, 5.41) is 23.7. The van der Waals surface area contributed by atoms with E-state index < -0.39 is 18.0 Å². The minimum Gasteiger partial charge on any atom is -0.396 e. The van der Waals surface area contributed by atoms with E-state index in [1.807, 2.05) is 6.92 Å². The van der Waals surface area contributed by atoms with Crippen LogP contribution < -0.4 is 10.6 Å². The summed E-state index contributed by atoms with van der Waals surface area (Å²) < 4.78 is 13.3. The lowest BCUT2D eigenvalue weighted by Gasteiger charge is -2.16. The molecule has 2 unspecified atom stereocenters. The van der Waals surface area contributed by atoms with Gasteiger partial charge in [0.1, 0.15) is 5.82 Å². The van der Waals surface area contributed by atoms with Crippen molar-refractivity contribution in [1.29, 1.82) is 0 Å². The van der Waals surface area contributed by atoms with E-state index in [1.54, 1.807) is 0 Å². The number of carbonyl (C=O) groups excluding carboxylic acids is 1. The molecule has 0 aliphatic rings. The van der Waals surface area contributed by atoms with Gasteiger partial charge < -0.3 is 20.8 Å². The molecule has 0 aliphatic carbocycles. The van der Waals surface area contributed by atoms with E-state index in [0.717, 1.165) is 6.07 Å². The second-order valence-corrected chi connectivity index (χ2v) is 5.22. The second kappa shape index (κ2) is 8.81. The number of hydrogen-bond donors (Lipinski definition) is 4. The summed E-state index contributed by atoms with van der Waals surface area (Å²) in [6.07, 6.45) is 0.249. The van der Waals surface area contributed by atoms with Gasteiger partial charge in [0, 0.05) is 19.2 Å². The summed E-state index contributed by atoms with van der Waals surface area (Å²) in [7, 11) is 0. The Morgan fingerprint density at radius 2 is 2.19 bits per heavy atom. The monoisotopic (exact) mass is 318 g/mol. The Morgan fingerprint density at radius 1 is 1.48 bits per heavy atom. The largest absolute Gasteiger partial charge is 0.396 e. The molecular weight excluding hydrogens is 299 g/mol. The zero-order valence-electron chi connectivity index (χ0n) is 11.8. The maximum atomic E-state index is 13.3. The van der Waals surface area contributed by atoms with Crippen molar-refractivity contribution in [3.8, 4) is 0 Å². The Balaban J connectivity index is 2.39. The molecule has 7 heteroatoms. The number of aliphatic hydroxyl groups excluding tert-OH is 2. The van der Waals surface area contributed by atoms with Crippen LogP contribution in [0.4, 0.5) is 9.18 Å². The molecule has 0 spiro atoms. The van der Waals surface area contributed by atoms with Gasteiger partial charge in [-0.3, -0.25) is 0 Å². The van der Waals surface area contributed by atoms with Gasteiger partial charge in [-0.2, -0.15) is 0 Å². The molecular formula is C14H20ClFN2O3. The van der Waals surface area contributed by atoms with Crippen molar-refractivity contribution in [3.63, 3.8) is 0 Å². The molecule has 2 atom stereocenters. The van der Waals surface area contributed by atoms with Gasteiger partial charge in [-0.05, 0) is 37.5 Å². The Kier molecular flexibility index (Phi) is 7.42. The fourth-order valence-electron chi connectivity index (χ4n) is 1.77. The first kappa shape index (κ1) is 17.7. The van der Waals surface area contributed by atoms with Gasteiger partial charge in [0.15, 0.2) is 0 Å². The zero-order chi connectivity index (χ0) is 15.8. The highest BCUT2D eigenvalue weighted by atomic mass is 35.5. The highest BCUT2D eigenvalue weighted by Crippen LogP contribution is 2.19. The van der Waals surface area contributed by atoms with Gasteiger partial charge in [0.25, 0.3) is 0 Å². The predicted octanol–water partition coefficient (Wildman–Crippen LogP) is 1.97. The molecule has 5 nitrogen and oxygen atoms in total. The minimum atomic E-state index is -1.02. The normalized spacial score (nSPS) is 13.6. The summed E-state index contributed by atoms with van der Waals surface area (Å²) >= 11 is 5.56. The van der Waals surface area contributed by atoms with Gasteiger partial charge in [0.05, 0.1) is 11.1 Å². The second-order valence-electron chi connectivity index (χ2n) is 4.81. The van der Waals surface area contributed by atoms with Crippen molar-refractivity contribution in [2.75, 3.05) is 13.2 Å². The van der Waals surface area contributed by atoms with Gasteiger partial charge in [-0.1, -0.05) is 17.7 Å². The molecule has 0 radical (unpaired) electrons. The lowest BCUT2D eigenvalue weighted by Crippen LogP contribution is -2.42. The molecule has 118 valence electrons. The summed E-state index contributed by atoms with van der Waals surface area (Å²) in [5.74, 6) is -0.615. The van der Waals surface area contributed by atoms with Crippen LogP contribution in [0.1, 0.15) is 31.4 Å². The van der Waals surface area contributed by atoms with Crippen LogP contribution in [0.5, 0.6) is 0 Å². The summed E-state index contributed by atoms with van der Waals surface area (Å²) in [4.78, 5) is 11.6. The lowest BCUT2D eigenvalue weighted by atomic mass is 10.1. The minimum absolute atomic E-state index is 0.0191. The van der Waals surface area contributed by atoms with Gasteiger partial charge in [-0.15, -0.1) is 0 Å². The zero-order valence-corrected chi connectivity index (χ0v) is 12.5. The van der Waals surface area contributed by atoms with Crippen molar-refractivity contribution >= 4 is 17.6 Å². The molecule has 1 aromatic rings. The fourth-order valence-corrected chi connectivity index (χ4v) is 1.89. The van der Waals surface area contributed by atoms with Gasteiger partial charge in [0.2, 0.25) is 0 Å². The van der Waals surface area contributed by atoms with E-state index in [9.17, 15) is 14.3 Å². The van der Waals surface area contributed by atoms with E-state index in [-0.39, 0.29) is 24.2 Å². The molecule has 0 saturated heterocycles. The molecule has 0 aliphatic heterocycles. The van der Waals surface area contributed by atoms with Crippen LogP contribution >= 0.6 is 11.6 Å². The van der Waals surface area contributed by atoms with Crippen molar-refractivity contribution in [2.45, 2.75) is 31.9 Å². The lowest BCUT2D eigenvalue weighted by molar-refractivity contribution is 0.172. The number of halogens is 2. The Hall–Kier alpha value is -1.37. The molecule has 21 heavy (non-hydrogen) atoms. The first-order valence-electron chi connectivity index (χ1n) is 6.72. The summed E-state index contributed by atoms with van der Waals surface area (Å²) in [6, 6.07) is 3.49. The van der Waals surface area contributed by atoms with Crippen molar-refractivity contribution < 1.29 is 19.4 Å². The van der Waals surface area contributed by atoms with E-state index in [0.29, 0.717) is 18.4 Å². The highest BCUT2D eigenvalue weighted by molar-refractivity contribution is 6.30. The van der Waals surface area contributed by atoms with Gasteiger partial charge in [-0.25, -0.2) is 9.18 Å². The number of aliphatic hydroxyl groups is 2. The number of hydrogen-bond acceptors (Lipinski definition) is 3. The molecule has 0 heterocycles. The molecule has 0 fully saturated rings. The standard InChI is InChI=1S/C14H20ClFN2O3/c1-9(3-2-6-19)18-14(21)17-8-13(20)10-4-5-11(15)12(16)7-10/h4-5,7,9,13,19-20H,2-3,6,8H2,1H3,(H2,17,18,21). The number of amides is 2. The molecule has 0 aromatic heterocycles. The van der Waals surface area contributed by atoms with Crippen LogP contribution in [0.25, 0.3) is 0 Å². The topological polar surface area (TPSA) is 81.6 Å². The van der Waals surface area contributed by atoms with Crippen LogP contribution in [0.2, 0.25) is 5.02 Å². The average Bonchev–Trinajstić information content (AvgIpc) is 2.45. The van der Waals surface area contributed by atoms with E-state index in [2.05, 4.69) is 10.6 Å². The number of rotatable bonds is 7. The summed E-state index contributed by atoms with van der Waals surface area (Å²) in [5.41, 5.74) is 0.338. The van der Waals surface area contributed by atoms with Crippen molar-refractivity contribution in [1.82, 2.24) is 10.6 Å². The third kappa shape index (κ3) is 6.29. The number of carbonyl (C=O) groups is 1. The maximum Gasteiger partial charge on any atom is 0.315 e. The quantitative estimate of drug-likeness (QED) is 0.620. The first-order chi connectivity index (χ1) is 9.93. The van der Waals surface area contributed by atoms with E-state index >= 15 is 0 Å².